The van der Waals surface area contributed by atoms with Crippen molar-refractivity contribution in [1.82, 2.24) is 9.55 Å². The van der Waals surface area contributed by atoms with Crippen molar-refractivity contribution in [3.63, 3.8) is 0 Å². The van der Waals surface area contributed by atoms with Crippen molar-refractivity contribution in [3.05, 3.63) is 22.7 Å². The van der Waals surface area contributed by atoms with Gasteiger partial charge in [0.2, 0.25) is 0 Å². The summed E-state index contributed by atoms with van der Waals surface area (Å²) in [7, 11) is -4.27. The van der Waals surface area contributed by atoms with Gasteiger partial charge in [-0.05, 0) is 42.3 Å². The Morgan fingerprint density at radius 3 is 2.15 bits per heavy atom. The number of aromatic nitrogens is 2. The molecule has 1 aromatic heterocycles. The molecule has 0 amide bonds. The molecule has 190 valence electrons. The number of ether oxygens (including phenoxy) is 1. The van der Waals surface area contributed by atoms with Gasteiger partial charge in [0.05, 0.1) is 18.6 Å². The zero-order chi connectivity index (χ0) is 25.6. The van der Waals surface area contributed by atoms with Crippen LogP contribution in [-0.4, -0.2) is 50.4 Å². The summed E-state index contributed by atoms with van der Waals surface area (Å²) in [6.07, 6.45) is 0.714. The average molecular weight is 518 g/mol. The third-order valence-corrected chi connectivity index (χ3v) is 17.3. The van der Waals surface area contributed by atoms with Crippen LogP contribution in [0.3, 0.4) is 0 Å². The van der Waals surface area contributed by atoms with Gasteiger partial charge in [-0.3, -0.25) is 4.57 Å². The highest BCUT2D eigenvalue weighted by Crippen LogP contribution is 2.48. The zero-order valence-corrected chi connectivity index (χ0v) is 25.0. The summed E-state index contributed by atoms with van der Waals surface area (Å²) in [5, 5.41) is 0.0421. The van der Waals surface area contributed by atoms with Crippen LogP contribution in [0.15, 0.2) is 17.1 Å². The first kappa shape index (κ1) is 28.5. The number of anilines is 1. The fourth-order valence-corrected chi connectivity index (χ4v) is 6.21. The molecular formula is C23H44ClN3O4Si2. The Morgan fingerprint density at radius 1 is 1.15 bits per heavy atom. The molecule has 0 spiro atoms. The van der Waals surface area contributed by atoms with Gasteiger partial charge in [0.25, 0.3) is 0 Å². The van der Waals surface area contributed by atoms with Crippen molar-refractivity contribution in [2.75, 3.05) is 18.2 Å². The van der Waals surface area contributed by atoms with Crippen molar-refractivity contribution >= 4 is 34.1 Å². The molecule has 7 nitrogen and oxygen atoms in total. The second-order valence-electron chi connectivity index (χ2n) is 12.5. The summed E-state index contributed by atoms with van der Waals surface area (Å²) in [6.45, 7) is 24.5. The summed E-state index contributed by atoms with van der Waals surface area (Å²) in [4.78, 5) is 16.6. The Hall–Kier alpha value is -0.716. The maximum absolute atomic E-state index is 12.7. The van der Waals surface area contributed by atoms with E-state index in [0.717, 1.165) is 0 Å². The van der Waals surface area contributed by atoms with Gasteiger partial charge in [-0.1, -0.05) is 48.5 Å². The average Bonchev–Trinajstić information content (AvgIpc) is 2.91. The van der Waals surface area contributed by atoms with E-state index >= 15 is 0 Å². The molecule has 0 radical (unpaired) electrons. The maximum atomic E-state index is 12.7. The highest BCUT2D eigenvalue weighted by molar-refractivity contribution is 6.74. The molecule has 1 aromatic rings. The van der Waals surface area contributed by atoms with Crippen LogP contribution in [0.1, 0.15) is 54.7 Å². The number of alkyl halides is 1. The summed E-state index contributed by atoms with van der Waals surface area (Å²) < 4.78 is 21.7. The minimum absolute atomic E-state index is 0.00272. The van der Waals surface area contributed by atoms with E-state index in [4.69, 9.17) is 30.9 Å². The van der Waals surface area contributed by atoms with Gasteiger partial charge in [0, 0.05) is 12.1 Å². The Labute approximate surface area is 206 Å². The number of hydrogen-bond donors (Lipinski definition) is 1. The first-order chi connectivity index (χ1) is 14.8. The lowest BCUT2D eigenvalue weighted by Gasteiger charge is -2.45. The fraction of sp³-hybridized carbons (Fsp3) is 0.826. The van der Waals surface area contributed by atoms with Gasteiger partial charge in [-0.2, -0.15) is 4.98 Å². The number of rotatable bonds is 7. The van der Waals surface area contributed by atoms with E-state index in [0.29, 0.717) is 6.61 Å². The van der Waals surface area contributed by atoms with Crippen molar-refractivity contribution in [3.8, 4) is 0 Å². The quantitative estimate of drug-likeness (QED) is 0.385. The van der Waals surface area contributed by atoms with E-state index in [9.17, 15) is 4.79 Å². The topological polar surface area (TPSA) is 88.6 Å². The van der Waals surface area contributed by atoms with Crippen molar-refractivity contribution in [2.45, 2.75) is 103 Å². The van der Waals surface area contributed by atoms with Gasteiger partial charge in [-0.15, -0.1) is 11.6 Å². The first-order valence-corrected chi connectivity index (χ1v) is 18.0. The molecule has 1 aliphatic heterocycles. The summed E-state index contributed by atoms with van der Waals surface area (Å²) in [5.41, 5.74) is 4.37. The van der Waals surface area contributed by atoms with Crippen LogP contribution in [0.2, 0.25) is 36.3 Å². The molecule has 1 fully saturated rings. The Bertz CT molecular complexity index is 895. The van der Waals surface area contributed by atoms with Crippen LogP contribution in [-0.2, 0) is 13.6 Å². The normalized spacial score (nSPS) is 27.2. The van der Waals surface area contributed by atoms with Gasteiger partial charge >= 0.3 is 5.69 Å². The van der Waals surface area contributed by atoms with Crippen molar-refractivity contribution in [1.29, 1.82) is 0 Å². The molecule has 1 aliphatic rings. The highest BCUT2D eigenvalue weighted by atomic mass is 35.5. The van der Waals surface area contributed by atoms with E-state index in [1.165, 1.54) is 4.57 Å². The Balaban J connectivity index is 2.53. The lowest BCUT2D eigenvalue weighted by Crippen LogP contribution is -2.57. The SMILES string of the molecule is C[C@H]1C(O[Si](C)(C)C(C)(C)C)[C@@](CCl)(CO[Si](C)(C)C(C)(C)C)O[C@H]1n1ccc(N)nc1=O. The summed E-state index contributed by atoms with van der Waals surface area (Å²) >= 11 is 6.65. The lowest BCUT2D eigenvalue weighted by molar-refractivity contribution is -0.109. The third kappa shape index (κ3) is 5.75. The van der Waals surface area contributed by atoms with E-state index in [2.05, 4.69) is 72.7 Å². The first-order valence-electron chi connectivity index (χ1n) is 11.7. The zero-order valence-electron chi connectivity index (χ0n) is 22.3. The molecule has 1 unspecified atom stereocenters. The molecule has 10 heteroatoms. The number of nitrogens with zero attached hydrogens (tertiary/aromatic N) is 2. The Kier molecular flexibility index (Phi) is 8.11. The molecule has 4 atom stereocenters. The molecule has 0 saturated carbocycles. The molecule has 2 rings (SSSR count). The van der Waals surface area contributed by atoms with Gasteiger partial charge in [-0.25, -0.2) is 4.79 Å². The van der Waals surface area contributed by atoms with Crippen LogP contribution in [0.4, 0.5) is 5.82 Å². The molecule has 33 heavy (non-hydrogen) atoms. The molecule has 2 N–H and O–H groups in total. The second-order valence-corrected chi connectivity index (χ2v) is 22.3. The maximum Gasteiger partial charge on any atom is 0.351 e. The van der Waals surface area contributed by atoms with Crippen LogP contribution in [0.25, 0.3) is 0 Å². The number of halogens is 1. The van der Waals surface area contributed by atoms with E-state index in [1.807, 2.05) is 6.92 Å². The van der Waals surface area contributed by atoms with Gasteiger partial charge < -0.3 is 19.3 Å². The highest BCUT2D eigenvalue weighted by Gasteiger charge is 2.58. The predicted molar refractivity (Wildman–Crippen MR) is 141 cm³/mol. The van der Waals surface area contributed by atoms with Crippen molar-refractivity contribution < 1.29 is 13.6 Å². The second kappa shape index (κ2) is 9.39. The van der Waals surface area contributed by atoms with Crippen LogP contribution in [0.5, 0.6) is 0 Å². The molecule has 2 heterocycles. The minimum Gasteiger partial charge on any atom is -0.414 e. The largest absolute Gasteiger partial charge is 0.414 e. The van der Waals surface area contributed by atoms with Gasteiger partial charge in [0.15, 0.2) is 16.6 Å². The number of hydrogen-bond acceptors (Lipinski definition) is 6. The fourth-order valence-electron chi connectivity index (χ4n) is 3.46. The monoisotopic (exact) mass is 517 g/mol. The number of nitrogens with two attached hydrogens (primary N) is 1. The molecule has 1 saturated heterocycles. The minimum atomic E-state index is -2.19. The van der Waals surface area contributed by atoms with Crippen LogP contribution < -0.4 is 11.4 Å². The summed E-state index contributed by atoms with van der Waals surface area (Å²) in [6, 6.07) is 1.61. The molecule has 0 bridgehead atoms. The summed E-state index contributed by atoms with van der Waals surface area (Å²) in [5.74, 6) is 0.226. The number of nitrogen functional groups attached to an aromatic ring is 1. The smallest absolute Gasteiger partial charge is 0.351 e. The Morgan fingerprint density at radius 2 is 1.70 bits per heavy atom. The van der Waals surface area contributed by atoms with E-state index < -0.39 is 34.2 Å². The van der Waals surface area contributed by atoms with Crippen LogP contribution >= 0.6 is 11.6 Å². The predicted octanol–water partition coefficient (Wildman–Crippen LogP) is 5.38. The lowest BCUT2D eigenvalue weighted by atomic mass is 9.93. The van der Waals surface area contributed by atoms with Gasteiger partial charge in [0.1, 0.15) is 17.6 Å². The standard InChI is InChI=1S/C23H44ClN3O4Si2/c1-16-18(31-33(10,11)22(5,6)7)23(14-24,15-29-32(8,9)21(2,3)4)30-19(16)27-13-12-17(25)26-20(27)28/h12-13,16,18-19H,14-15H2,1-11H3,(H2,25,26,28)/t16-,18?,19+,23+/m0/s1. The molecule has 0 aliphatic carbocycles. The van der Waals surface area contributed by atoms with Crippen molar-refractivity contribution in [2.24, 2.45) is 5.92 Å². The van der Waals surface area contributed by atoms with Crippen LogP contribution in [0, 0.1) is 5.92 Å². The van der Waals surface area contributed by atoms with E-state index in [-0.39, 0.29) is 33.8 Å². The van der Waals surface area contributed by atoms with E-state index in [1.54, 1.807) is 12.3 Å². The molecular weight excluding hydrogens is 474 g/mol. The third-order valence-electron chi connectivity index (χ3n) is 7.86. The molecule has 0 aromatic carbocycles.